The summed E-state index contributed by atoms with van der Waals surface area (Å²) in [5.41, 5.74) is 0.628. The Balaban J connectivity index is 1.59. The smallest absolute Gasteiger partial charge is 0.321 e. The largest absolute Gasteiger partial charge is 0.323 e. The van der Waals surface area contributed by atoms with Gasteiger partial charge < -0.3 is 10.2 Å². The van der Waals surface area contributed by atoms with Crippen LogP contribution in [0.5, 0.6) is 0 Å². The van der Waals surface area contributed by atoms with E-state index in [0.29, 0.717) is 43.3 Å². The van der Waals surface area contributed by atoms with Crippen molar-refractivity contribution in [1.29, 1.82) is 0 Å². The van der Waals surface area contributed by atoms with Gasteiger partial charge in [-0.05, 0) is 37.5 Å². The summed E-state index contributed by atoms with van der Waals surface area (Å²) in [4.78, 5) is 14.2. The zero-order valence-corrected chi connectivity index (χ0v) is 17.9. The normalized spacial score (nSPS) is 20.2. The van der Waals surface area contributed by atoms with E-state index in [1.165, 1.54) is 10.7 Å². The third-order valence-corrected chi connectivity index (χ3v) is 7.88. The van der Waals surface area contributed by atoms with Gasteiger partial charge >= 0.3 is 6.03 Å². The molecular formula is C19H29ClN4O3S. The molecule has 28 heavy (non-hydrogen) atoms. The number of carbonyl (C=O) groups is 1. The summed E-state index contributed by atoms with van der Waals surface area (Å²) in [6.45, 7) is 1.62. The van der Waals surface area contributed by atoms with Crippen LogP contribution in [0.1, 0.15) is 38.5 Å². The molecule has 9 heteroatoms. The van der Waals surface area contributed by atoms with Gasteiger partial charge in [-0.3, -0.25) is 0 Å². The molecule has 0 bridgehead atoms. The first-order valence-corrected chi connectivity index (χ1v) is 11.7. The van der Waals surface area contributed by atoms with E-state index >= 15 is 0 Å². The van der Waals surface area contributed by atoms with Crippen molar-refractivity contribution in [3.8, 4) is 0 Å². The predicted molar refractivity (Wildman–Crippen MR) is 112 cm³/mol. The maximum absolute atomic E-state index is 13.1. The van der Waals surface area contributed by atoms with E-state index < -0.39 is 10.2 Å². The zero-order chi connectivity index (χ0) is 20.1. The molecule has 0 aromatic heterocycles. The SMILES string of the molecule is CN(C1CCCCC1)S(=O)(=O)N1CCCN(C(=O)Nc2cccc(Cl)c2)CC1. The molecule has 7 nitrogen and oxygen atoms in total. The number of hydrogen-bond donors (Lipinski definition) is 1. The highest BCUT2D eigenvalue weighted by molar-refractivity contribution is 7.86. The third-order valence-electron chi connectivity index (χ3n) is 5.60. The van der Waals surface area contributed by atoms with Crippen LogP contribution < -0.4 is 5.32 Å². The van der Waals surface area contributed by atoms with Crippen LogP contribution in [0.3, 0.4) is 0 Å². The minimum atomic E-state index is -3.51. The summed E-state index contributed by atoms with van der Waals surface area (Å²) in [7, 11) is -1.81. The molecule has 0 spiro atoms. The van der Waals surface area contributed by atoms with Crippen molar-refractivity contribution in [2.45, 2.75) is 44.6 Å². The summed E-state index contributed by atoms with van der Waals surface area (Å²) in [5.74, 6) is 0. The molecule has 1 aromatic carbocycles. The Labute approximate surface area is 172 Å². The Bertz CT molecular complexity index is 783. The van der Waals surface area contributed by atoms with E-state index in [9.17, 15) is 13.2 Å². The molecule has 1 N–H and O–H groups in total. The molecule has 0 unspecified atom stereocenters. The second-order valence-electron chi connectivity index (χ2n) is 7.50. The Morgan fingerprint density at radius 1 is 1.11 bits per heavy atom. The lowest BCUT2D eigenvalue weighted by Crippen LogP contribution is -2.48. The maximum atomic E-state index is 13.1. The Morgan fingerprint density at radius 2 is 1.86 bits per heavy atom. The first-order chi connectivity index (χ1) is 13.4. The fourth-order valence-electron chi connectivity index (χ4n) is 3.91. The van der Waals surface area contributed by atoms with E-state index in [1.807, 2.05) is 0 Å². The van der Waals surface area contributed by atoms with Gasteiger partial charge in [0.2, 0.25) is 0 Å². The van der Waals surface area contributed by atoms with E-state index in [2.05, 4.69) is 5.32 Å². The highest BCUT2D eigenvalue weighted by Crippen LogP contribution is 2.25. The van der Waals surface area contributed by atoms with E-state index in [4.69, 9.17) is 11.6 Å². The Hall–Kier alpha value is -1.35. The van der Waals surface area contributed by atoms with Gasteiger partial charge in [0, 0.05) is 50.0 Å². The first-order valence-electron chi connectivity index (χ1n) is 9.92. The van der Waals surface area contributed by atoms with Crippen LogP contribution in [0.25, 0.3) is 0 Å². The zero-order valence-electron chi connectivity index (χ0n) is 16.3. The van der Waals surface area contributed by atoms with Gasteiger partial charge in [-0.2, -0.15) is 17.0 Å². The van der Waals surface area contributed by atoms with Crippen LogP contribution in [-0.4, -0.2) is 67.2 Å². The number of urea groups is 1. The average Bonchev–Trinajstić information content (AvgIpc) is 2.95. The number of amides is 2. The van der Waals surface area contributed by atoms with E-state index in [-0.39, 0.29) is 12.1 Å². The van der Waals surface area contributed by atoms with Gasteiger partial charge in [0.05, 0.1) is 0 Å². The maximum Gasteiger partial charge on any atom is 0.321 e. The van der Waals surface area contributed by atoms with Crippen molar-refractivity contribution < 1.29 is 13.2 Å². The molecule has 3 rings (SSSR count). The fourth-order valence-corrected chi connectivity index (χ4v) is 5.73. The van der Waals surface area contributed by atoms with Crippen molar-refractivity contribution in [3.63, 3.8) is 0 Å². The van der Waals surface area contributed by atoms with Gasteiger partial charge in [0.25, 0.3) is 10.2 Å². The molecule has 1 aliphatic carbocycles. The van der Waals surface area contributed by atoms with Gasteiger partial charge in [-0.15, -0.1) is 0 Å². The molecule has 2 fully saturated rings. The highest BCUT2D eigenvalue weighted by atomic mass is 35.5. The third kappa shape index (κ3) is 5.17. The second-order valence-corrected chi connectivity index (χ2v) is 9.92. The van der Waals surface area contributed by atoms with Gasteiger partial charge in [0.15, 0.2) is 0 Å². The number of anilines is 1. The molecule has 1 saturated carbocycles. The topological polar surface area (TPSA) is 73.0 Å². The number of hydrogen-bond acceptors (Lipinski definition) is 3. The number of rotatable bonds is 4. The molecule has 2 aliphatic rings. The molecule has 0 radical (unpaired) electrons. The second kappa shape index (κ2) is 9.43. The van der Waals surface area contributed by atoms with Crippen molar-refractivity contribution >= 4 is 33.5 Å². The number of benzene rings is 1. The van der Waals surface area contributed by atoms with Crippen LogP contribution in [-0.2, 0) is 10.2 Å². The minimum Gasteiger partial charge on any atom is -0.323 e. The van der Waals surface area contributed by atoms with Crippen LogP contribution in [0, 0.1) is 0 Å². The number of halogens is 1. The Morgan fingerprint density at radius 3 is 2.57 bits per heavy atom. The highest BCUT2D eigenvalue weighted by Gasteiger charge is 2.34. The van der Waals surface area contributed by atoms with Crippen molar-refractivity contribution in [2.24, 2.45) is 0 Å². The quantitative estimate of drug-likeness (QED) is 0.798. The van der Waals surface area contributed by atoms with Crippen molar-refractivity contribution in [2.75, 3.05) is 38.5 Å². The van der Waals surface area contributed by atoms with Gasteiger partial charge in [-0.1, -0.05) is 36.9 Å². The summed E-state index contributed by atoms with van der Waals surface area (Å²) in [6.07, 6.45) is 5.82. The van der Waals surface area contributed by atoms with E-state index in [0.717, 1.165) is 25.7 Å². The molecule has 0 atom stereocenters. The summed E-state index contributed by atoms with van der Waals surface area (Å²) >= 11 is 5.96. The molecular weight excluding hydrogens is 400 g/mol. The lowest BCUT2D eigenvalue weighted by atomic mass is 9.96. The summed E-state index contributed by atoms with van der Waals surface area (Å²) in [6, 6.07) is 6.83. The summed E-state index contributed by atoms with van der Waals surface area (Å²) in [5, 5.41) is 3.38. The van der Waals surface area contributed by atoms with E-state index in [1.54, 1.807) is 40.5 Å². The average molecular weight is 429 g/mol. The van der Waals surface area contributed by atoms with Crippen LogP contribution in [0.2, 0.25) is 5.02 Å². The summed E-state index contributed by atoms with van der Waals surface area (Å²) < 4.78 is 29.2. The predicted octanol–water partition coefficient (Wildman–Crippen LogP) is 3.39. The van der Waals surface area contributed by atoms with Gasteiger partial charge in [0.1, 0.15) is 0 Å². The molecule has 1 aliphatic heterocycles. The molecule has 2 amide bonds. The van der Waals surface area contributed by atoms with Crippen LogP contribution in [0.4, 0.5) is 10.5 Å². The van der Waals surface area contributed by atoms with Gasteiger partial charge in [-0.25, -0.2) is 4.79 Å². The molecule has 156 valence electrons. The number of nitrogens with zero attached hydrogens (tertiary/aromatic N) is 3. The number of nitrogens with one attached hydrogen (secondary N) is 1. The van der Waals surface area contributed by atoms with Crippen molar-refractivity contribution in [1.82, 2.24) is 13.5 Å². The molecule has 1 saturated heterocycles. The standard InChI is InChI=1S/C19H29ClN4O3S/c1-22(18-9-3-2-4-10-18)28(26,27)24-12-6-11-23(13-14-24)19(25)21-17-8-5-7-16(20)15-17/h5,7-8,15,18H,2-4,6,9-14H2,1H3,(H,21,25). The number of carbonyl (C=O) groups excluding carboxylic acids is 1. The first kappa shape index (κ1) is 21.4. The molecule has 1 aromatic rings. The molecule has 1 heterocycles. The Kier molecular flexibility index (Phi) is 7.20. The lowest BCUT2D eigenvalue weighted by Gasteiger charge is -2.34. The van der Waals surface area contributed by atoms with Crippen molar-refractivity contribution in [3.05, 3.63) is 29.3 Å². The monoisotopic (exact) mass is 428 g/mol. The lowest BCUT2D eigenvalue weighted by molar-refractivity contribution is 0.213. The minimum absolute atomic E-state index is 0.0873. The fraction of sp³-hybridized carbons (Fsp3) is 0.632. The van der Waals surface area contributed by atoms with Crippen LogP contribution in [0.15, 0.2) is 24.3 Å². The van der Waals surface area contributed by atoms with Crippen LogP contribution >= 0.6 is 11.6 Å².